The van der Waals surface area contributed by atoms with Gasteiger partial charge in [-0.15, -0.1) is 10.2 Å². The summed E-state index contributed by atoms with van der Waals surface area (Å²) in [5, 5.41) is 11.3. The van der Waals surface area contributed by atoms with Crippen molar-refractivity contribution in [1.29, 1.82) is 0 Å². The molecule has 14 heavy (non-hydrogen) atoms. The summed E-state index contributed by atoms with van der Waals surface area (Å²) in [6.45, 7) is 9.21. The molecule has 0 spiro atoms. The molecular weight excluding hydrogens is 178 g/mol. The van der Waals surface area contributed by atoms with E-state index in [0.29, 0.717) is 12.0 Å². The average molecular weight is 197 g/mol. The van der Waals surface area contributed by atoms with Crippen molar-refractivity contribution in [2.75, 3.05) is 6.54 Å². The molecule has 4 nitrogen and oxygen atoms in total. The molecule has 0 bridgehead atoms. The number of nitrogens with zero attached hydrogens (tertiary/aromatic N) is 2. The molecule has 0 radical (unpaired) electrons. The monoisotopic (exact) mass is 197 g/mol. The van der Waals surface area contributed by atoms with Crippen LogP contribution in [0.4, 0.5) is 0 Å². The Bertz CT molecular complexity index is 268. The highest BCUT2D eigenvalue weighted by molar-refractivity contribution is 4.87. The predicted octanol–water partition coefficient (Wildman–Crippen LogP) is 1.73. The molecule has 0 amide bonds. The van der Waals surface area contributed by atoms with Gasteiger partial charge in [0, 0.05) is 24.9 Å². The van der Waals surface area contributed by atoms with Crippen LogP contribution < -0.4 is 5.32 Å². The number of hydrogen-bond acceptors (Lipinski definition) is 4. The van der Waals surface area contributed by atoms with Crippen LogP contribution in [0.25, 0.3) is 0 Å². The van der Waals surface area contributed by atoms with Crippen LogP contribution in [0, 0.1) is 0 Å². The zero-order chi connectivity index (χ0) is 10.6. The van der Waals surface area contributed by atoms with Crippen LogP contribution in [-0.4, -0.2) is 22.8 Å². The van der Waals surface area contributed by atoms with Gasteiger partial charge in [0.15, 0.2) is 0 Å². The highest BCUT2D eigenvalue weighted by atomic mass is 16.4. The molecule has 0 saturated carbocycles. The minimum atomic E-state index is 0.314. The Labute approximate surface area is 85.1 Å². The molecule has 0 aliphatic heterocycles. The van der Waals surface area contributed by atoms with Crippen molar-refractivity contribution >= 4 is 0 Å². The first-order chi connectivity index (χ1) is 6.59. The topological polar surface area (TPSA) is 51.0 Å². The van der Waals surface area contributed by atoms with Gasteiger partial charge >= 0.3 is 0 Å². The van der Waals surface area contributed by atoms with Crippen molar-refractivity contribution in [3.05, 3.63) is 11.8 Å². The second kappa shape index (κ2) is 5.10. The van der Waals surface area contributed by atoms with Crippen molar-refractivity contribution in [2.24, 2.45) is 0 Å². The summed E-state index contributed by atoms with van der Waals surface area (Å²) in [6.07, 6.45) is 0.803. The fourth-order valence-corrected chi connectivity index (χ4v) is 1.07. The summed E-state index contributed by atoms with van der Waals surface area (Å²) in [5.74, 6) is 1.76. The van der Waals surface area contributed by atoms with Crippen molar-refractivity contribution in [3.63, 3.8) is 0 Å². The van der Waals surface area contributed by atoms with Crippen LogP contribution in [0.5, 0.6) is 0 Å². The van der Waals surface area contributed by atoms with Crippen molar-refractivity contribution < 1.29 is 4.42 Å². The number of aromatic nitrogens is 2. The molecule has 80 valence electrons. The average Bonchev–Trinajstić information content (AvgIpc) is 2.52. The minimum absolute atomic E-state index is 0.314. The molecule has 0 unspecified atom stereocenters. The lowest BCUT2D eigenvalue weighted by Gasteiger charge is -2.04. The molecule has 0 aliphatic rings. The molecule has 0 atom stereocenters. The van der Waals surface area contributed by atoms with Crippen LogP contribution in [0.1, 0.15) is 45.4 Å². The minimum Gasteiger partial charge on any atom is -0.425 e. The second-order valence-corrected chi connectivity index (χ2v) is 4.05. The van der Waals surface area contributed by atoms with E-state index in [0.717, 1.165) is 24.7 Å². The Kier molecular flexibility index (Phi) is 4.07. The normalized spacial score (nSPS) is 11.6. The maximum absolute atomic E-state index is 5.46. The van der Waals surface area contributed by atoms with Gasteiger partial charge in [-0.2, -0.15) is 0 Å². The maximum Gasteiger partial charge on any atom is 0.219 e. The van der Waals surface area contributed by atoms with Gasteiger partial charge in [0.05, 0.1) is 0 Å². The molecule has 1 N–H and O–H groups in total. The van der Waals surface area contributed by atoms with Gasteiger partial charge in [-0.3, -0.25) is 0 Å². The Morgan fingerprint density at radius 3 is 2.43 bits per heavy atom. The van der Waals surface area contributed by atoms with E-state index in [1.807, 2.05) is 13.8 Å². The first-order valence-electron chi connectivity index (χ1n) is 5.15. The van der Waals surface area contributed by atoms with E-state index in [9.17, 15) is 0 Å². The van der Waals surface area contributed by atoms with Gasteiger partial charge < -0.3 is 9.73 Å². The van der Waals surface area contributed by atoms with Crippen LogP contribution in [-0.2, 0) is 6.42 Å². The van der Waals surface area contributed by atoms with E-state index < -0.39 is 0 Å². The van der Waals surface area contributed by atoms with E-state index in [4.69, 9.17) is 4.42 Å². The zero-order valence-electron chi connectivity index (χ0n) is 9.37. The van der Waals surface area contributed by atoms with E-state index >= 15 is 0 Å². The van der Waals surface area contributed by atoms with Crippen molar-refractivity contribution in [3.8, 4) is 0 Å². The molecule has 0 saturated heterocycles. The molecule has 1 heterocycles. The van der Waals surface area contributed by atoms with Gasteiger partial charge in [0.1, 0.15) is 0 Å². The highest BCUT2D eigenvalue weighted by Gasteiger charge is 2.08. The Balaban J connectivity index is 2.36. The van der Waals surface area contributed by atoms with Gasteiger partial charge in [-0.1, -0.05) is 27.7 Å². The van der Waals surface area contributed by atoms with E-state index in [1.165, 1.54) is 0 Å². The number of nitrogens with one attached hydrogen (secondary N) is 1. The van der Waals surface area contributed by atoms with Crippen LogP contribution in [0.2, 0.25) is 0 Å². The summed E-state index contributed by atoms with van der Waals surface area (Å²) in [5.41, 5.74) is 0. The molecule has 0 aromatic carbocycles. The first kappa shape index (κ1) is 11.2. The predicted molar refractivity (Wildman–Crippen MR) is 55.2 cm³/mol. The zero-order valence-corrected chi connectivity index (χ0v) is 9.37. The van der Waals surface area contributed by atoms with E-state index in [1.54, 1.807) is 0 Å². The largest absolute Gasteiger partial charge is 0.425 e. The third-order valence-electron chi connectivity index (χ3n) is 1.87. The number of rotatable bonds is 5. The lowest BCUT2D eigenvalue weighted by atomic mass is 10.2. The smallest absolute Gasteiger partial charge is 0.219 e. The summed E-state index contributed by atoms with van der Waals surface area (Å²) < 4.78 is 5.46. The molecule has 1 rings (SSSR count). The molecule has 1 aromatic rings. The summed E-state index contributed by atoms with van der Waals surface area (Å²) in [4.78, 5) is 0. The third kappa shape index (κ3) is 3.46. The molecule has 1 aromatic heterocycles. The Morgan fingerprint density at radius 2 is 1.93 bits per heavy atom. The fraction of sp³-hybridized carbons (Fsp3) is 0.800. The lowest BCUT2D eigenvalue weighted by Crippen LogP contribution is -2.25. The molecular formula is C10H19N3O. The Morgan fingerprint density at radius 1 is 1.21 bits per heavy atom. The third-order valence-corrected chi connectivity index (χ3v) is 1.87. The van der Waals surface area contributed by atoms with Crippen LogP contribution >= 0.6 is 0 Å². The number of hydrogen-bond donors (Lipinski definition) is 1. The highest BCUT2D eigenvalue weighted by Crippen LogP contribution is 2.11. The van der Waals surface area contributed by atoms with Gasteiger partial charge in [-0.25, -0.2) is 0 Å². The van der Waals surface area contributed by atoms with Crippen molar-refractivity contribution in [1.82, 2.24) is 15.5 Å². The quantitative estimate of drug-likeness (QED) is 0.781. The lowest BCUT2D eigenvalue weighted by molar-refractivity contribution is 0.424. The van der Waals surface area contributed by atoms with Crippen molar-refractivity contribution in [2.45, 2.75) is 46.1 Å². The fourth-order valence-electron chi connectivity index (χ4n) is 1.07. The van der Waals surface area contributed by atoms with Crippen LogP contribution in [0.15, 0.2) is 4.42 Å². The summed E-state index contributed by atoms with van der Waals surface area (Å²) >= 11 is 0. The second-order valence-electron chi connectivity index (χ2n) is 4.05. The van der Waals surface area contributed by atoms with E-state index in [2.05, 4.69) is 29.4 Å². The molecule has 0 fully saturated rings. The standard InChI is InChI=1S/C10H19N3O/c1-7(2)10-13-12-9(14-10)5-6-11-8(3)4/h7-8,11H,5-6H2,1-4H3. The summed E-state index contributed by atoms with van der Waals surface area (Å²) in [7, 11) is 0. The van der Waals surface area contributed by atoms with Crippen LogP contribution in [0.3, 0.4) is 0 Å². The molecule has 4 heteroatoms. The molecule has 0 aliphatic carbocycles. The summed E-state index contributed by atoms with van der Waals surface area (Å²) in [6, 6.07) is 0.502. The SMILES string of the molecule is CC(C)NCCc1nnc(C(C)C)o1. The first-order valence-corrected chi connectivity index (χ1v) is 5.15. The van der Waals surface area contributed by atoms with Gasteiger partial charge in [0.2, 0.25) is 11.8 Å². The Hall–Kier alpha value is -0.900. The maximum atomic E-state index is 5.46. The van der Waals surface area contributed by atoms with E-state index in [-0.39, 0.29) is 0 Å². The van der Waals surface area contributed by atoms with Gasteiger partial charge in [0.25, 0.3) is 0 Å². The van der Waals surface area contributed by atoms with Gasteiger partial charge in [-0.05, 0) is 0 Å².